The Kier molecular flexibility index (Phi) is 3.07. The van der Waals surface area contributed by atoms with Crippen LogP contribution in [0.15, 0.2) is 12.3 Å². The van der Waals surface area contributed by atoms with Crippen LogP contribution >= 0.6 is 0 Å². The predicted octanol–water partition coefficient (Wildman–Crippen LogP) is 2.55. The minimum Gasteiger partial charge on any atom is -0.364 e. The third-order valence-electron chi connectivity index (χ3n) is 1.63. The van der Waals surface area contributed by atoms with Crippen LogP contribution < -0.4 is 0 Å². The van der Waals surface area contributed by atoms with Crippen molar-refractivity contribution in [3.8, 4) is 0 Å². The van der Waals surface area contributed by atoms with Crippen LogP contribution in [0.1, 0.15) is 31.9 Å². The molecule has 0 saturated carbocycles. The van der Waals surface area contributed by atoms with Gasteiger partial charge in [0.1, 0.15) is 0 Å². The monoisotopic (exact) mass is 136 g/mol. The lowest BCUT2D eigenvalue weighted by Crippen LogP contribution is -1.83. The predicted molar refractivity (Wildman–Crippen MR) is 42.9 cm³/mol. The Bertz CT molecular complexity index is 153. The Labute approximate surface area is 62.5 Å². The van der Waals surface area contributed by atoms with Crippen LogP contribution in [-0.2, 0) is 6.42 Å². The molecule has 0 aliphatic rings. The van der Waals surface area contributed by atoms with Gasteiger partial charge in [0.15, 0.2) is 0 Å². The minimum absolute atomic E-state index is 1.15. The lowest BCUT2D eigenvalue weighted by molar-refractivity contribution is 0.709. The van der Waals surface area contributed by atoms with E-state index in [0.717, 1.165) is 6.42 Å². The maximum absolute atomic E-state index is 3.14. The highest BCUT2D eigenvalue weighted by Gasteiger charge is 1.90. The molecule has 0 unspecified atom stereocenters. The molecule has 0 saturated heterocycles. The number of hydrogen-bond acceptors (Lipinski definition) is 0. The van der Waals surface area contributed by atoms with Gasteiger partial charge >= 0.3 is 0 Å². The highest BCUT2D eigenvalue weighted by molar-refractivity contribution is 5.00. The van der Waals surface area contributed by atoms with Crippen molar-refractivity contribution in [1.29, 1.82) is 0 Å². The molecule has 1 heterocycles. The van der Waals surface area contributed by atoms with E-state index in [2.05, 4.69) is 18.0 Å². The van der Waals surface area contributed by atoms with Gasteiger partial charge < -0.3 is 4.98 Å². The fourth-order valence-electron chi connectivity index (χ4n) is 1.02. The first-order valence-electron chi connectivity index (χ1n) is 3.97. The van der Waals surface area contributed by atoms with E-state index in [4.69, 9.17) is 0 Å². The Hall–Kier alpha value is -0.720. The second-order valence-corrected chi connectivity index (χ2v) is 2.56. The molecular formula is C9H14N. The molecule has 10 heavy (non-hydrogen) atoms. The fraction of sp³-hybridized carbons (Fsp3) is 0.556. The summed E-state index contributed by atoms with van der Waals surface area (Å²) in [7, 11) is 0. The van der Waals surface area contributed by atoms with E-state index in [0.29, 0.717) is 0 Å². The summed E-state index contributed by atoms with van der Waals surface area (Å²) in [5.41, 5.74) is 1.24. The lowest BCUT2D eigenvalue weighted by atomic mass is 10.2. The standard InChI is InChI=1S/C9H14N/c1-2-3-4-6-9-7-5-8-10-9/h5,8,10H,2-4,6H2,1H3. The van der Waals surface area contributed by atoms with Crippen molar-refractivity contribution in [3.63, 3.8) is 0 Å². The van der Waals surface area contributed by atoms with Gasteiger partial charge in [0.05, 0.1) is 0 Å². The van der Waals surface area contributed by atoms with Gasteiger partial charge in [-0.3, -0.25) is 0 Å². The molecule has 0 atom stereocenters. The first kappa shape index (κ1) is 7.39. The van der Waals surface area contributed by atoms with E-state index < -0.39 is 0 Å². The summed E-state index contributed by atoms with van der Waals surface area (Å²) in [6.45, 7) is 2.22. The summed E-state index contributed by atoms with van der Waals surface area (Å²) in [6.07, 6.45) is 6.99. The molecule has 1 aromatic rings. The summed E-state index contributed by atoms with van der Waals surface area (Å²) < 4.78 is 0. The van der Waals surface area contributed by atoms with E-state index in [1.54, 1.807) is 0 Å². The fourth-order valence-corrected chi connectivity index (χ4v) is 1.02. The van der Waals surface area contributed by atoms with Crippen molar-refractivity contribution in [2.75, 3.05) is 0 Å². The highest BCUT2D eigenvalue weighted by Crippen LogP contribution is 2.02. The van der Waals surface area contributed by atoms with Crippen molar-refractivity contribution in [1.82, 2.24) is 4.98 Å². The molecule has 1 radical (unpaired) electrons. The number of unbranched alkanes of at least 4 members (excludes halogenated alkanes) is 2. The molecule has 55 valence electrons. The second-order valence-electron chi connectivity index (χ2n) is 2.56. The Morgan fingerprint density at radius 1 is 1.50 bits per heavy atom. The number of hydrogen-bond donors (Lipinski definition) is 1. The number of aromatic nitrogens is 1. The normalized spacial score (nSPS) is 10.1. The van der Waals surface area contributed by atoms with E-state index >= 15 is 0 Å². The van der Waals surface area contributed by atoms with Crippen molar-refractivity contribution < 1.29 is 0 Å². The number of aryl methyl sites for hydroxylation is 1. The third-order valence-corrected chi connectivity index (χ3v) is 1.63. The maximum Gasteiger partial charge on any atom is 0.0227 e. The summed E-state index contributed by atoms with van der Waals surface area (Å²) >= 11 is 0. The van der Waals surface area contributed by atoms with Gasteiger partial charge in [-0.15, -0.1) is 0 Å². The first-order valence-corrected chi connectivity index (χ1v) is 3.97. The zero-order valence-corrected chi connectivity index (χ0v) is 6.48. The van der Waals surface area contributed by atoms with Gasteiger partial charge in [-0.05, 0) is 18.9 Å². The molecule has 0 aliphatic heterocycles. The lowest BCUT2D eigenvalue weighted by Gasteiger charge is -1.94. The molecule has 0 aromatic carbocycles. The van der Waals surface area contributed by atoms with Crippen LogP contribution in [0.25, 0.3) is 0 Å². The summed E-state index contributed by atoms with van der Waals surface area (Å²) in [4.78, 5) is 3.14. The number of rotatable bonds is 4. The van der Waals surface area contributed by atoms with Crippen molar-refractivity contribution in [2.24, 2.45) is 0 Å². The number of aromatic amines is 1. The minimum atomic E-state index is 1.15. The van der Waals surface area contributed by atoms with Crippen LogP contribution in [0, 0.1) is 6.07 Å². The van der Waals surface area contributed by atoms with Gasteiger partial charge in [-0.25, -0.2) is 0 Å². The molecule has 0 amide bonds. The summed E-state index contributed by atoms with van der Waals surface area (Å²) in [5, 5.41) is 0. The van der Waals surface area contributed by atoms with Crippen LogP contribution in [-0.4, -0.2) is 4.98 Å². The third kappa shape index (κ3) is 2.26. The van der Waals surface area contributed by atoms with E-state index in [-0.39, 0.29) is 0 Å². The Morgan fingerprint density at radius 3 is 3.00 bits per heavy atom. The summed E-state index contributed by atoms with van der Waals surface area (Å²) in [5.74, 6) is 0. The number of nitrogens with one attached hydrogen (secondary N) is 1. The Balaban J connectivity index is 2.15. The van der Waals surface area contributed by atoms with Crippen LogP contribution in [0.2, 0.25) is 0 Å². The molecule has 1 rings (SSSR count). The van der Waals surface area contributed by atoms with Gasteiger partial charge in [-0.2, -0.15) is 0 Å². The molecule has 1 heteroatoms. The van der Waals surface area contributed by atoms with Crippen LogP contribution in [0.5, 0.6) is 0 Å². The molecular weight excluding hydrogens is 122 g/mol. The van der Waals surface area contributed by atoms with E-state index in [9.17, 15) is 0 Å². The number of H-pyrrole nitrogens is 1. The zero-order valence-electron chi connectivity index (χ0n) is 6.48. The molecule has 0 fully saturated rings. The smallest absolute Gasteiger partial charge is 0.0227 e. The van der Waals surface area contributed by atoms with Gasteiger partial charge in [-0.1, -0.05) is 19.8 Å². The molecule has 0 bridgehead atoms. The molecule has 1 N–H and O–H groups in total. The topological polar surface area (TPSA) is 15.8 Å². The summed E-state index contributed by atoms with van der Waals surface area (Å²) in [6, 6.07) is 5.07. The highest BCUT2D eigenvalue weighted by atomic mass is 14.7. The van der Waals surface area contributed by atoms with Crippen molar-refractivity contribution in [3.05, 3.63) is 24.0 Å². The van der Waals surface area contributed by atoms with Crippen LogP contribution in [0.3, 0.4) is 0 Å². The van der Waals surface area contributed by atoms with E-state index in [1.165, 1.54) is 25.0 Å². The zero-order chi connectivity index (χ0) is 7.23. The van der Waals surface area contributed by atoms with Gasteiger partial charge in [0.2, 0.25) is 0 Å². The van der Waals surface area contributed by atoms with E-state index in [1.807, 2.05) is 12.3 Å². The maximum atomic E-state index is 3.14. The average molecular weight is 136 g/mol. The average Bonchev–Trinajstić information content (AvgIpc) is 2.41. The largest absolute Gasteiger partial charge is 0.364 e. The van der Waals surface area contributed by atoms with Crippen molar-refractivity contribution >= 4 is 0 Å². The van der Waals surface area contributed by atoms with Gasteiger partial charge in [0, 0.05) is 18.0 Å². The van der Waals surface area contributed by atoms with Crippen molar-refractivity contribution in [2.45, 2.75) is 32.6 Å². The molecule has 0 aliphatic carbocycles. The second kappa shape index (κ2) is 4.15. The quantitative estimate of drug-likeness (QED) is 0.612. The molecule has 1 aromatic heterocycles. The SMILES string of the molecule is CCCCCc1[c]cc[nH]1. The first-order chi connectivity index (χ1) is 4.93. The van der Waals surface area contributed by atoms with Crippen LogP contribution in [0.4, 0.5) is 0 Å². The Morgan fingerprint density at radius 2 is 2.40 bits per heavy atom. The molecule has 1 nitrogen and oxygen atoms in total. The van der Waals surface area contributed by atoms with Gasteiger partial charge in [0.25, 0.3) is 0 Å². The molecule has 0 spiro atoms.